The molecule has 1 aromatic carbocycles. The van der Waals surface area contributed by atoms with Crippen LogP contribution in [0.15, 0.2) is 34.1 Å². The molecule has 6 nitrogen and oxygen atoms in total. The average molecular weight is 370 g/mol. The van der Waals surface area contributed by atoms with Gasteiger partial charge >= 0.3 is 12.5 Å². The number of para-hydroxylation sites is 2. The lowest BCUT2D eigenvalue weighted by Gasteiger charge is -2.14. The summed E-state index contributed by atoms with van der Waals surface area (Å²) >= 11 is 2.49. The van der Waals surface area contributed by atoms with Crippen LogP contribution in [0.2, 0.25) is 0 Å². The highest BCUT2D eigenvalue weighted by atomic mass is 32.2. The topological polar surface area (TPSA) is 69.9 Å². The van der Waals surface area contributed by atoms with Gasteiger partial charge in [-0.05, 0) is 19.1 Å². The van der Waals surface area contributed by atoms with E-state index in [1.165, 1.54) is 30.0 Å². The summed E-state index contributed by atoms with van der Waals surface area (Å²) in [4.78, 5) is 16.1. The number of hydrogen-bond acceptors (Lipinski definition) is 7. The molecule has 10 heteroatoms. The number of fused-ring (bicyclic) bond motifs is 1. The van der Waals surface area contributed by atoms with Crippen LogP contribution in [-0.2, 0) is 9.53 Å². The summed E-state index contributed by atoms with van der Waals surface area (Å²) in [5, 5.41) is 7.46. The predicted octanol–water partition coefficient (Wildman–Crippen LogP) is 3.68. The highest BCUT2D eigenvalue weighted by Crippen LogP contribution is 2.28. The molecule has 0 spiro atoms. The van der Waals surface area contributed by atoms with E-state index in [2.05, 4.69) is 15.2 Å². The molecule has 3 aromatic rings. The highest BCUT2D eigenvalue weighted by molar-refractivity contribution is 8.01. The Kier molecular flexibility index (Phi) is 5.05. The number of nitrogens with zero attached hydrogens (tertiary/aromatic N) is 4. The summed E-state index contributed by atoms with van der Waals surface area (Å²) < 4.78 is 33.4. The number of benzene rings is 1. The third-order valence-corrected chi connectivity index (χ3v) is 4.98. The van der Waals surface area contributed by atoms with Gasteiger partial charge in [-0.15, -0.1) is 10.2 Å². The molecule has 0 saturated carbocycles. The lowest BCUT2D eigenvalue weighted by atomic mass is 10.3. The second kappa shape index (κ2) is 7.22. The molecular formula is C14H12F2N4O2S2. The van der Waals surface area contributed by atoms with Gasteiger partial charge in [-0.2, -0.15) is 8.78 Å². The third-order valence-electron chi connectivity index (χ3n) is 3.14. The van der Waals surface area contributed by atoms with Crippen LogP contribution in [0.3, 0.4) is 0 Å². The summed E-state index contributed by atoms with van der Waals surface area (Å²) in [6.07, 6.45) is -0.895. The van der Waals surface area contributed by atoms with Crippen molar-refractivity contribution >= 4 is 40.1 Å². The molecule has 0 N–H and O–H groups in total. The zero-order valence-electron chi connectivity index (χ0n) is 12.4. The molecule has 0 fully saturated rings. The number of aromatic nitrogens is 4. The Morgan fingerprint density at radius 3 is 2.92 bits per heavy atom. The number of thioether (sulfide) groups is 1. The Morgan fingerprint density at radius 1 is 1.42 bits per heavy atom. The Labute approximate surface area is 143 Å². The van der Waals surface area contributed by atoms with E-state index < -0.39 is 18.6 Å². The monoisotopic (exact) mass is 370 g/mol. The molecule has 1 unspecified atom stereocenters. The Hall–Kier alpha value is -2.07. The van der Waals surface area contributed by atoms with E-state index in [4.69, 9.17) is 4.74 Å². The number of alkyl halides is 2. The van der Waals surface area contributed by atoms with Gasteiger partial charge in [0.15, 0.2) is 16.3 Å². The number of rotatable bonds is 6. The van der Waals surface area contributed by atoms with Gasteiger partial charge in [0, 0.05) is 0 Å². The van der Waals surface area contributed by atoms with Crippen LogP contribution in [0.4, 0.5) is 8.78 Å². The van der Waals surface area contributed by atoms with Crippen LogP contribution < -0.4 is 0 Å². The van der Waals surface area contributed by atoms with E-state index in [0.29, 0.717) is 15.4 Å². The maximum Gasteiger partial charge on any atom is 0.320 e. The van der Waals surface area contributed by atoms with Crippen molar-refractivity contribution in [1.29, 1.82) is 0 Å². The minimum Gasteiger partial charge on any atom is -0.454 e. The minimum atomic E-state index is -2.77. The van der Waals surface area contributed by atoms with Crippen molar-refractivity contribution in [1.82, 2.24) is 19.7 Å². The van der Waals surface area contributed by atoms with E-state index in [-0.39, 0.29) is 11.6 Å². The average Bonchev–Trinajstić information content (AvgIpc) is 3.20. The van der Waals surface area contributed by atoms with E-state index in [1.807, 2.05) is 0 Å². The molecule has 126 valence electrons. The zero-order valence-corrected chi connectivity index (χ0v) is 14.1. The van der Waals surface area contributed by atoms with Gasteiger partial charge in [0.05, 0.1) is 16.8 Å². The van der Waals surface area contributed by atoms with Gasteiger partial charge in [0.1, 0.15) is 5.51 Å². The van der Waals surface area contributed by atoms with E-state index in [0.717, 1.165) is 4.57 Å². The van der Waals surface area contributed by atoms with Gasteiger partial charge in [0.2, 0.25) is 0 Å². The lowest BCUT2D eigenvalue weighted by molar-refractivity contribution is -0.146. The first kappa shape index (κ1) is 16.8. The molecule has 0 bridgehead atoms. The number of hydrogen-bond donors (Lipinski definition) is 0. The Balaban J connectivity index is 1.74. The van der Waals surface area contributed by atoms with Crippen molar-refractivity contribution in [2.75, 3.05) is 5.75 Å². The minimum absolute atomic E-state index is 0.0143. The number of halogens is 2. The maximum absolute atomic E-state index is 13.4. The smallest absolute Gasteiger partial charge is 0.320 e. The number of imidazole rings is 1. The fraction of sp³-hybridized carbons (Fsp3) is 0.286. The van der Waals surface area contributed by atoms with Gasteiger partial charge in [-0.3, -0.25) is 9.36 Å². The zero-order chi connectivity index (χ0) is 17.1. The highest BCUT2D eigenvalue weighted by Gasteiger charge is 2.24. The van der Waals surface area contributed by atoms with E-state index in [9.17, 15) is 13.6 Å². The van der Waals surface area contributed by atoms with E-state index in [1.54, 1.807) is 29.8 Å². The summed E-state index contributed by atoms with van der Waals surface area (Å²) in [5.74, 6) is -0.495. The molecule has 3 rings (SSSR count). The largest absolute Gasteiger partial charge is 0.454 e. The molecule has 0 amide bonds. The number of esters is 1. The van der Waals surface area contributed by atoms with E-state index >= 15 is 0 Å². The van der Waals surface area contributed by atoms with Crippen LogP contribution in [0, 0.1) is 0 Å². The molecule has 1 atom stereocenters. The number of carbonyl (C=O) groups is 1. The van der Waals surface area contributed by atoms with Crippen LogP contribution in [0.5, 0.6) is 0 Å². The number of carbonyl (C=O) groups excluding carboxylic acids is 1. The second-order valence-electron chi connectivity index (χ2n) is 4.73. The van der Waals surface area contributed by atoms with Crippen LogP contribution in [-0.4, -0.2) is 31.5 Å². The fourth-order valence-electron chi connectivity index (χ4n) is 2.19. The quantitative estimate of drug-likeness (QED) is 0.487. The van der Waals surface area contributed by atoms with Gasteiger partial charge in [-0.25, -0.2) is 4.98 Å². The molecule has 0 saturated heterocycles. The Morgan fingerprint density at radius 2 is 2.21 bits per heavy atom. The summed E-state index contributed by atoms with van der Waals surface area (Å²) in [6.45, 7) is -1.25. The fourth-order valence-corrected chi connectivity index (χ4v) is 3.46. The van der Waals surface area contributed by atoms with Gasteiger partial charge < -0.3 is 4.74 Å². The Bertz CT molecular complexity index is 839. The van der Waals surface area contributed by atoms with Crippen molar-refractivity contribution in [3.63, 3.8) is 0 Å². The van der Waals surface area contributed by atoms with Crippen LogP contribution in [0.25, 0.3) is 11.0 Å². The molecule has 0 aliphatic heterocycles. The first-order chi connectivity index (χ1) is 11.6. The lowest BCUT2D eigenvalue weighted by Crippen LogP contribution is -2.15. The standard InChI is InChI=1S/C14H12F2N4O2S2/c1-8(22-11(21)6-23-14-19-17-7-24-14)12-18-9-4-2-3-5-10(9)20(12)13(15)16/h2-5,7-8,13H,6H2,1H3. The summed E-state index contributed by atoms with van der Waals surface area (Å²) in [7, 11) is 0. The molecule has 0 radical (unpaired) electrons. The van der Waals surface area contributed by atoms with Gasteiger partial charge in [-0.1, -0.05) is 35.2 Å². The summed E-state index contributed by atoms with van der Waals surface area (Å²) in [5.41, 5.74) is 2.29. The third kappa shape index (κ3) is 3.54. The number of ether oxygens (including phenoxy) is 1. The van der Waals surface area contributed by atoms with Crippen LogP contribution >= 0.6 is 23.1 Å². The van der Waals surface area contributed by atoms with Crippen LogP contribution in [0.1, 0.15) is 25.4 Å². The second-order valence-corrected chi connectivity index (χ2v) is 6.79. The van der Waals surface area contributed by atoms with Gasteiger partial charge in [0.25, 0.3) is 0 Å². The SMILES string of the molecule is CC(OC(=O)CSc1nncs1)c1nc2ccccc2n1C(F)F. The predicted molar refractivity (Wildman–Crippen MR) is 86.1 cm³/mol. The molecule has 2 aromatic heterocycles. The molecule has 24 heavy (non-hydrogen) atoms. The molecular weight excluding hydrogens is 358 g/mol. The molecule has 0 aliphatic carbocycles. The maximum atomic E-state index is 13.4. The van der Waals surface area contributed by atoms with Crippen molar-refractivity contribution in [2.24, 2.45) is 0 Å². The van der Waals surface area contributed by atoms with Crippen molar-refractivity contribution < 1.29 is 18.3 Å². The first-order valence-corrected chi connectivity index (χ1v) is 8.76. The normalized spacial score (nSPS) is 12.7. The summed E-state index contributed by atoms with van der Waals surface area (Å²) in [6, 6.07) is 6.56. The van der Waals surface area contributed by atoms with Crippen molar-refractivity contribution in [3.05, 3.63) is 35.6 Å². The van der Waals surface area contributed by atoms with Crippen molar-refractivity contribution in [2.45, 2.75) is 23.9 Å². The van der Waals surface area contributed by atoms with Crippen molar-refractivity contribution in [3.8, 4) is 0 Å². The molecule has 2 heterocycles. The first-order valence-electron chi connectivity index (χ1n) is 6.89. The molecule has 0 aliphatic rings.